The van der Waals surface area contributed by atoms with E-state index >= 15 is 0 Å². The number of hydrogen-bond donors (Lipinski definition) is 1. The van der Waals surface area contributed by atoms with Gasteiger partial charge in [0.1, 0.15) is 5.75 Å². The number of nitrogens with two attached hydrogens (primary N) is 1. The third kappa shape index (κ3) is 3.04. The van der Waals surface area contributed by atoms with Crippen molar-refractivity contribution in [2.75, 3.05) is 13.4 Å². The molecule has 0 aromatic heterocycles. The number of benzene rings is 1. The molecular weight excluding hydrogens is 242 g/mol. The van der Waals surface area contributed by atoms with Gasteiger partial charge in [-0.1, -0.05) is 0 Å². The van der Waals surface area contributed by atoms with Crippen LogP contribution in [-0.2, 0) is 9.84 Å². The van der Waals surface area contributed by atoms with Crippen LogP contribution in [0.5, 0.6) is 5.75 Å². The van der Waals surface area contributed by atoms with Crippen LogP contribution in [0.3, 0.4) is 0 Å². The molecule has 6 heteroatoms. The summed E-state index contributed by atoms with van der Waals surface area (Å²) in [5.74, 6) is -0.0351. The van der Waals surface area contributed by atoms with Crippen LogP contribution in [0.1, 0.15) is 17.3 Å². The lowest BCUT2D eigenvalue weighted by Gasteiger charge is -2.11. The predicted octanol–water partition coefficient (Wildman–Crippen LogP) is 0.629. The molecule has 0 radical (unpaired) electrons. The van der Waals surface area contributed by atoms with E-state index in [1.165, 1.54) is 32.2 Å². The second-order valence-electron chi connectivity index (χ2n) is 3.79. The van der Waals surface area contributed by atoms with Crippen molar-refractivity contribution >= 4 is 15.6 Å². The second kappa shape index (κ2) is 4.85. The number of carbonyl (C=O) groups is 1. The van der Waals surface area contributed by atoms with Crippen molar-refractivity contribution in [2.24, 2.45) is 5.73 Å². The van der Waals surface area contributed by atoms with Crippen LogP contribution in [0.4, 0.5) is 0 Å². The first-order valence-electron chi connectivity index (χ1n) is 4.95. The maximum absolute atomic E-state index is 11.8. The van der Waals surface area contributed by atoms with Crippen LogP contribution in [-0.4, -0.2) is 33.6 Å². The van der Waals surface area contributed by atoms with Gasteiger partial charge in [-0.05, 0) is 25.1 Å². The van der Waals surface area contributed by atoms with Crippen LogP contribution in [0, 0.1) is 0 Å². The monoisotopic (exact) mass is 257 g/mol. The third-order valence-corrected chi connectivity index (χ3v) is 3.39. The smallest absolute Gasteiger partial charge is 0.182 e. The molecule has 0 saturated carbocycles. The molecule has 17 heavy (non-hydrogen) atoms. The largest absolute Gasteiger partial charge is 0.496 e. The van der Waals surface area contributed by atoms with Crippen molar-refractivity contribution in [1.82, 2.24) is 0 Å². The molecule has 1 rings (SSSR count). The molecule has 1 unspecified atom stereocenters. The van der Waals surface area contributed by atoms with Gasteiger partial charge in [0.05, 0.1) is 23.6 Å². The fourth-order valence-electron chi connectivity index (χ4n) is 1.36. The van der Waals surface area contributed by atoms with E-state index in [1.807, 2.05) is 0 Å². The molecule has 0 spiro atoms. The highest BCUT2D eigenvalue weighted by molar-refractivity contribution is 7.90. The minimum atomic E-state index is -3.36. The Labute approximate surface area is 100 Å². The SMILES string of the molecule is COc1ccc(S(C)(=O)=O)cc1C(=O)C(C)N. The Morgan fingerprint density at radius 2 is 2.00 bits per heavy atom. The van der Waals surface area contributed by atoms with Crippen LogP contribution in [0.2, 0.25) is 0 Å². The Hall–Kier alpha value is -1.40. The average Bonchev–Trinajstić information content (AvgIpc) is 2.25. The van der Waals surface area contributed by atoms with Crippen molar-refractivity contribution in [1.29, 1.82) is 0 Å². The highest BCUT2D eigenvalue weighted by atomic mass is 32.2. The number of methoxy groups -OCH3 is 1. The topological polar surface area (TPSA) is 86.5 Å². The lowest BCUT2D eigenvalue weighted by atomic mass is 10.1. The van der Waals surface area contributed by atoms with E-state index < -0.39 is 15.9 Å². The van der Waals surface area contributed by atoms with Gasteiger partial charge in [-0.15, -0.1) is 0 Å². The third-order valence-electron chi connectivity index (χ3n) is 2.28. The number of ether oxygens (including phenoxy) is 1. The molecule has 0 aliphatic rings. The van der Waals surface area contributed by atoms with Gasteiger partial charge in [0, 0.05) is 6.26 Å². The maximum Gasteiger partial charge on any atom is 0.182 e. The summed E-state index contributed by atoms with van der Waals surface area (Å²) >= 11 is 0. The van der Waals surface area contributed by atoms with Gasteiger partial charge in [0.15, 0.2) is 15.6 Å². The van der Waals surface area contributed by atoms with Crippen molar-refractivity contribution in [3.8, 4) is 5.75 Å². The average molecular weight is 257 g/mol. The number of Topliss-reactive ketones (excluding diaryl/α,β-unsaturated/α-hetero) is 1. The summed E-state index contributed by atoms with van der Waals surface area (Å²) in [5.41, 5.74) is 5.68. The standard InChI is InChI=1S/C11H15NO4S/c1-7(12)11(13)9-6-8(17(3,14)15)4-5-10(9)16-2/h4-7H,12H2,1-3H3. The zero-order valence-corrected chi connectivity index (χ0v) is 10.7. The van der Waals surface area contributed by atoms with Crippen molar-refractivity contribution in [3.63, 3.8) is 0 Å². The van der Waals surface area contributed by atoms with Crippen LogP contribution in [0.25, 0.3) is 0 Å². The summed E-state index contributed by atoms with van der Waals surface area (Å²) in [6.07, 6.45) is 1.08. The molecule has 1 aromatic rings. The Morgan fingerprint density at radius 3 is 2.41 bits per heavy atom. The van der Waals surface area contributed by atoms with Crippen LogP contribution < -0.4 is 10.5 Å². The van der Waals surface area contributed by atoms with Gasteiger partial charge in [0.2, 0.25) is 0 Å². The van der Waals surface area contributed by atoms with E-state index in [4.69, 9.17) is 10.5 Å². The van der Waals surface area contributed by atoms with Crippen molar-refractivity contribution < 1.29 is 17.9 Å². The quantitative estimate of drug-likeness (QED) is 0.799. The molecule has 1 aromatic carbocycles. The maximum atomic E-state index is 11.8. The molecule has 0 amide bonds. The van der Waals surface area contributed by atoms with E-state index in [0.717, 1.165) is 6.26 Å². The van der Waals surface area contributed by atoms with Crippen molar-refractivity contribution in [3.05, 3.63) is 23.8 Å². The molecule has 0 bridgehead atoms. The lowest BCUT2D eigenvalue weighted by Crippen LogP contribution is -2.27. The van der Waals surface area contributed by atoms with Gasteiger partial charge in [-0.25, -0.2) is 8.42 Å². The van der Waals surface area contributed by atoms with Gasteiger partial charge < -0.3 is 10.5 Å². The Morgan fingerprint density at radius 1 is 1.41 bits per heavy atom. The lowest BCUT2D eigenvalue weighted by molar-refractivity contribution is 0.0964. The molecule has 0 aliphatic carbocycles. The van der Waals surface area contributed by atoms with Gasteiger partial charge in [-0.3, -0.25) is 4.79 Å². The zero-order chi connectivity index (χ0) is 13.2. The molecule has 94 valence electrons. The molecule has 0 aliphatic heterocycles. The first kappa shape index (κ1) is 13.7. The fraction of sp³-hybridized carbons (Fsp3) is 0.364. The summed E-state index contributed by atoms with van der Waals surface area (Å²) in [6, 6.07) is 3.43. The summed E-state index contributed by atoms with van der Waals surface area (Å²) in [5, 5.41) is 0. The van der Waals surface area contributed by atoms with Crippen molar-refractivity contribution in [2.45, 2.75) is 17.9 Å². The molecule has 0 saturated heterocycles. The number of sulfone groups is 1. The number of rotatable bonds is 4. The molecule has 0 fully saturated rings. The highest BCUT2D eigenvalue weighted by Crippen LogP contribution is 2.23. The van der Waals surface area contributed by atoms with E-state index in [9.17, 15) is 13.2 Å². The first-order valence-corrected chi connectivity index (χ1v) is 6.84. The Kier molecular flexibility index (Phi) is 3.90. The normalized spacial score (nSPS) is 13.2. The molecular formula is C11H15NO4S. The summed E-state index contributed by atoms with van der Waals surface area (Å²) in [6.45, 7) is 1.54. The van der Waals surface area contributed by atoms with E-state index in [-0.39, 0.29) is 16.2 Å². The Bertz CT molecular complexity index is 534. The molecule has 5 nitrogen and oxygen atoms in total. The minimum absolute atomic E-state index is 0.0716. The van der Waals surface area contributed by atoms with Gasteiger partial charge >= 0.3 is 0 Å². The second-order valence-corrected chi connectivity index (χ2v) is 5.80. The molecule has 1 atom stereocenters. The van der Waals surface area contributed by atoms with E-state index in [2.05, 4.69) is 0 Å². The van der Waals surface area contributed by atoms with Crippen LogP contribution in [0.15, 0.2) is 23.1 Å². The predicted molar refractivity (Wildman–Crippen MR) is 64.1 cm³/mol. The number of hydrogen-bond acceptors (Lipinski definition) is 5. The van der Waals surface area contributed by atoms with Gasteiger partial charge in [-0.2, -0.15) is 0 Å². The number of ketones is 1. The summed E-state index contributed by atoms with van der Waals surface area (Å²) in [7, 11) is -1.95. The number of carbonyl (C=O) groups excluding carboxylic acids is 1. The first-order chi connectivity index (χ1) is 7.77. The van der Waals surface area contributed by atoms with E-state index in [0.29, 0.717) is 5.75 Å². The highest BCUT2D eigenvalue weighted by Gasteiger charge is 2.19. The molecule has 0 heterocycles. The van der Waals surface area contributed by atoms with Gasteiger partial charge in [0.25, 0.3) is 0 Å². The fourth-order valence-corrected chi connectivity index (χ4v) is 2.00. The Balaban J connectivity index is 3.40. The summed E-state index contributed by atoms with van der Waals surface area (Å²) in [4.78, 5) is 11.9. The van der Waals surface area contributed by atoms with Crippen LogP contribution >= 0.6 is 0 Å². The molecule has 2 N–H and O–H groups in total. The van der Waals surface area contributed by atoms with E-state index in [1.54, 1.807) is 0 Å². The summed E-state index contributed by atoms with van der Waals surface area (Å²) < 4.78 is 27.8. The minimum Gasteiger partial charge on any atom is -0.496 e. The zero-order valence-electron chi connectivity index (χ0n) is 9.93.